The number of nitrogen functional groups attached to an aromatic ring is 1. The summed E-state index contributed by atoms with van der Waals surface area (Å²) in [7, 11) is 0. The average Bonchev–Trinajstić information content (AvgIpc) is 2.77. The van der Waals surface area contributed by atoms with Crippen LogP contribution in [-0.2, 0) is 0 Å². The monoisotopic (exact) mass is 278 g/mol. The van der Waals surface area contributed by atoms with E-state index in [4.69, 9.17) is 17.3 Å². The molecule has 1 heterocycles. The van der Waals surface area contributed by atoms with Gasteiger partial charge in [-0.25, -0.2) is 0 Å². The molecule has 2 aromatic rings. The van der Waals surface area contributed by atoms with Crippen LogP contribution in [0.2, 0.25) is 5.02 Å². The number of nitrogens with two attached hydrogens (primary N) is 1. The number of carbonyl (C=O) groups excluding carboxylic acids is 1. The first-order valence-corrected chi connectivity index (χ1v) is 6.27. The first-order valence-electron chi connectivity index (χ1n) is 5.89. The number of aromatic amines is 1. The Bertz CT molecular complexity index is 586. The van der Waals surface area contributed by atoms with E-state index in [0.717, 1.165) is 5.69 Å². The lowest BCUT2D eigenvalue weighted by Gasteiger charge is -2.06. The van der Waals surface area contributed by atoms with E-state index in [1.54, 1.807) is 24.3 Å². The standard InChI is InChI=1S/C13H15ClN4O/c1-7(2)10-6-11(18-17-10)16-13(19)12-8(14)4-3-5-9(12)15/h3-7H,15H2,1-2H3,(H2,16,17,18,19). The second kappa shape index (κ2) is 5.32. The Morgan fingerprint density at radius 3 is 2.79 bits per heavy atom. The van der Waals surface area contributed by atoms with Gasteiger partial charge in [-0.3, -0.25) is 9.89 Å². The SMILES string of the molecule is CC(C)c1cc(NC(=O)c2c(N)cccc2Cl)n[nH]1. The Hall–Kier alpha value is -2.01. The van der Waals surface area contributed by atoms with E-state index in [1.807, 2.05) is 13.8 Å². The highest BCUT2D eigenvalue weighted by molar-refractivity contribution is 6.35. The van der Waals surface area contributed by atoms with E-state index in [1.165, 1.54) is 0 Å². The van der Waals surface area contributed by atoms with Gasteiger partial charge in [-0.1, -0.05) is 31.5 Å². The number of nitrogens with one attached hydrogen (secondary N) is 2. The van der Waals surface area contributed by atoms with Crippen LogP contribution in [0.5, 0.6) is 0 Å². The normalized spacial score (nSPS) is 10.7. The fourth-order valence-corrected chi connectivity index (χ4v) is 1.92. The number of anilines is 2. The molecular weight excluding hydrogens is 264 g/mol. The molecular formula is C13H15ClN4O. The van der Waals surface area contributed by atoms with Crippen LogP contribution in [0, 0.1) is 0 Å². The highest BCUT2D eigenvalue weighted by Gasteiger charge is 2.15. The molecule has 2 rings (SSSR count). The molecule has 1 aromatic heterocycles. The predicted octanol–water partition coefficient (Wildman–Crippen LogP) is 3.02. The van der Waals surface area contributed by atoms with Crippen molar-refractivity contribution in [2.45, 2.75) is 19.8 Å². The number of H-pyrrole nitrogens is 1. The highest BCUT2D eigenvalue weighted by Crippen LogP contribution is 2.23. The third kappa shape index (κ3) is 2.88. The minimum atomic E-state index is -0.370. The van der Waals surface area contributed by atoms with E-state index in [-0.39, 0.29) is 11.5 Å². The average molecular weight is 279 g/mol. The van der Waals surface area contributed by atoms with Crippen molar-refractivity contribution >= 4 is 29.0 Å². The number of hydrogen-bond donors (Lipinski definition) is 3. The van der Waals surface area contributed by atoms with Crippen LogP contribution in [0.1, 0.15) is 35.8 Å². The Balaban J connectivity index is 2.21. The zero-order valence-electron chi connectivity index (χ0n) is 10.7. The van der Waals surface area contributed by atoms with Crippen LogP contribution in [0.15, 0.2) is 24.3 Å². The molecule has 0 spiro atoms. The van der Waals surface area contributed by atoms with Crippen molar-refractivity contribution in [1.82, 2.24) is 10.2 Å². The summed E-state index contributed by atoms with van der Waals surface area (Å²) in [6, 6.07) is 6.73. The maximum atomic E-state index is 12.1. The number of carbonyl (C=O) groups is 1. The van der Waals surface area contributed by atoms with Crippen molar-refractivity contribution in [3.63, 3.8) is 0 Å². The summed E-state index contributed by atoms with van der Waals surface area (Å²) in [6.45, 7) is 4.07. The van der Waals surface area contributed by atoms with Gasteiger partial charge in [0.15, 0.2) is 5.82 Å². The highest BCUT2D eigenvalue weighted by atomic mass is 35.5. The number of halogens is 1. The molecule has 0 saturated carbocycles. The van der Waals surface area contributed by atoms with Gasteiger partial charge in [0.1, 0.15) is 0 Å². The Morgan fingerprint density at radius 2 is 2.21 bits per heavy atom. The summed E-state index contributed by atoms with van der Waals surface area (Å²) in [5, 5.41) is 9.87. The Morgan fingerprint density at radius 1 is 1.47 bits per heavy atom. The molecule has 0 radical (unpaired) electrons. The van der Waals surface area contributed by atoms with Crippen molar-refractivity contribution in [3.8, 4) is 0 Å². The number of hydrogen-bond acceptors (Lipinski definition) is 3. The molecule has 0 aliphatic rings. The summed E-state index contributed by atoms with van der Waals surface area (Å²) in [4.78, 5) is 12.1. The molecule has 19 heavy (non-hydrogen) atoms. The van der Waals surface area contributed by atoms with Crippen LogP contribution < -0.4 is 11.1 Å². The zero-order valence-corrected chi connectivity index (χ0v) is 11.5. The Labute approximate surface area is 116 Å². The van der Waals surface area contributed by atoms with Gasteiger partial charge in [0.2, 0.25) is 0 Å². The van der Waals surface area contributed by atoms with Crippen LogP contribution in [0.3, 0.4) is 0 Å². The third-order valence-electron chi connectivity index (χ3n) is 2.73. The van der Waals surface area contributed by atoms with Crippen molar-refractivity contribution in [3.05, 3.63) is 40.5 Å². The summed E-state index contributed by atoms with van der Waals surface area (Å²) < 4.78 is 0. The molecule has 100 valence electrons. The number of amides is 1. The van der Waals surface area contributed by atoms with Crippen molar-refractivity contribution < 1.29 is 4.79 Å². The largest absolute Gasteiger partial charge is 0.398 e. The number of aromatic nitrogens is 2. The van der Waals surface area contributed by atoms with E-state index >= 15 is 0 Å². The Kier molecular flexibility index (Phi) is 3.76. The second-order valence-corrected chi connectivity index (χ2v) is 4.93. The number of nitrogens with zero attached hydrogens (tertiary/aromatic N) is 1. The molecule has 6 heteroatoms. The van der Waals surface area contributed by atoms with Gasteiger partial charge in [-0.2, -0.15) is 5.10 Å². The molecule has 0 saturated heterocycles. The molecule has 4 N–H and O–H groups in total. The molecule has 0 aliphatic carbocycles. The van der Waals surface area contributed by atoms with E-state index in [9.17, 15) is 4.79 Å². The molecule has 5 nitrogen and oxygen atoms in total. The van der Waals surface area contributed by atoms with Crippen LogP contribution in [0.4, 0.5) is 11.5 Å². The summed E-state index contributed by atoms with van der Waals surface area (Å²) in [6.07, 6.45) is 0. The van der Waals surface area contributed by atoms with Crippen molar-refractivity contribution in [1.29, 1.82) is 0 Å². The predicted molar refractivity (Wildman–Crippen MR) is 76.5 cm³/mol. The van der Waals surface area contributed by atoms with Crippen LogP contribution in [0.25, 0.3) is 0 Å². The van der Waals surface area contributed by atoms with E-state index in [0.29, 0.717) is 22.4 Å². The topological polar surface area (TPSA) is 83.8 Å². The third-order valence-corrected chi connectivity index (χ3v) is 3.05. The van der Waals surface area contributed by atoms with Crippen LogP contribution in [-0.4, -0.2) is 16.1 Å². The van der Waals surface area contributed by atoms with Gasteiger partial charge in [0, 0.05) is 17.4 Å². The molecule has 0 atom stereocenters. The molecule has 0 fully saturated rings. The van der Waals surface area contributed by atoms with E-state index < -0.39 is 0 Å². The molecule has 0 bridgehead atoms. The van der Waals surface area contributed by atoms with Gasteiger partial charge in [0.25, 0.3) is 5.91 Å². The lowest BCUT2D eigenvalue weighted by molar-refractivity contribution is 0.102. The van der Waals surface area contributed by atoms with Gasteiger partial charge >= 0.3 is 0 Å². The van der Waals surface area contributed by atoms with Crippen LogP contribution >= 0.6 is 11.6 Å². The zero-order chi connectivity index (χ0) is 14.0. The van der Waals surface area contributed by atoms with E-state index in [2.05, 4.69) is 15.5 Å². The lowest BCUT2D eigenvalue weighted by atomic mass is 10.1. The molecule has 0 aliphatic heterocycles. The van der Waals surface area contributed by atoms with Crippen molar-refractivity contribution in [2.75, 3.05) is 11.1 Å². The lowest BCUT2D eigenvalue weighted by Crippen LogP contribution is -2.14. The van der Waals surface area contributed by atoms with Gasteiger partial charge in [0.05, 0.1) is 10.6 Å². The number of benzene rings is 1. The minimum absolute atomic E-state index is 0.262. The maximum absolute atomic E-state index is 12.1. The second-order valence-electron chi connectivity index (χ2n) is 4.52. The van der Waals surface area contributed by atoms with Crippen molar-refractivity contribution in [2.24, 2.45) is 0 Å². The summed E-state index contributed by atoms with van der Waals surface area (Å²) in [5.41, 5.74) is 7.30. The van der Waals surface area contributed by atoms with Gasteiger partial charge in [-0.05, 0) is 18.1 Å². The van der Waals surface area contributed by atoms with Gasteiger partial charge < -0.3 is 11.1 Å². The first kappa shape index (κ1) is 13.4. The summed E-state index contributed by atoms with van der Waals surface area (Å²) in [5.74, 6) is 0.390. The van der Waals surface area contributed by atoms with Gasteiger partial charge in [-0.15, -0.1) is 0 Å². The smallest absolute Gasteiger partial charge is 0.260 e. The molecule has 0 unspecified atom stereocenters. The minimum Gasteiger partial charge on any atom is -0.398 e. The number of rotatable bonds is 3. The fourth-order valence-electron chi connectivity index (χ4n) is 1.66. The molecule has 1 amide bonds. The molecule has 1 aromatic carbocycles. The summed E-state index contributed by atoms with van der Waals surface area (Å²) >= 11 is 5.98. The quantitative estimate of drug-likeness (QED) is 0.755. The first-order chi connectivity index (χ1) is 8.99. The fraction of sp³-hybridized carbons (Fsp3) is 0.231. The maximum Gasteiger partial charge on any atom is 0.260 e.